The van der Waals surface area contributed by atoms with E-state index in [1.54, 1.807) is 13.0 Å². The predicted octanol–water partition coefficient (Wildman–Crippen LogP) is 1.63. The second-order valence-corrected chi connectivity index (χ2v) is 7.25. The van der Waals surface area contributed by atoms with E-state index in [-0.39, 0.29) is 11.4 Å². The zero-order valence-electron chi connectivity index (χ0n) is 12.3. The monoisotopic (exact) mass is 313 g/mol. The molecule has 0 amide bonds. The summed E-state index contributed by atoms with van der Waals surface area (Å²) in [5, 5.41) is 9.36. The fourth-order valence-corrected chi connectivity index (χ4v) is 4.57. The van der Waals surface area contributed by atoms with Crippen molar-refractivity contribution in [3.05, 3.63) is 23.8 Å². The molecule has 6 nitrogen and oxygen atoms in total. The van der Waals surface area contributed by atoms with Crippen molar-refractivity contribution in [3.63, 3.8) is 0 Å². The van der Waals surface area contributed by atoms with Crippen LogP contribution in [0, 0.1) is 6.92 Å². The molecule has 0 aliphatic carbocycles. The van der Waals surface area contributed by atoms with Gasteiger partial charge in [-0.05, 0) is 50.5 Å². The number of benzene rings is 1. The lowest BCUT2D eigenvalue weighted by Gasteiger charge is -2.30. The fourth-order valence-electron chi connectivity index (χ4n) is 2.68. The van der Waals surface area contributed by atoms with E-state index in [9.17, 15) is 18.3 Å². The number of carboxylic acid groups (broad SMARTS) is 1. The summed E-state index contributed by atoms with van der Waals surface area (Å²) in [6.45, 7) is 3.42. The first-order chi connectivity index (χ1) is 9.73. The molecule has 0 spiro atoms. The van der Waals surface area contributed by atoms with Gasteiger partial charge in [0.25, 0.3) is 0 Å². The van der Waals surface area contributed by atoms with E-state index in [0.29, 0.717) is 24.2 Å². The summed E-state index contributed by atoms with van der Waals surface area (Å²) in [6.07, 6.45) is 0.855. The van der Waals surface area contributed by atoms with E-state index in [1.165, 1.54) is 26.2 Å². The van der Waals surface area contributed by atoms with Crippen LogP contribution in [0.3, 0.4) is 0 Å². The maximum absolute atomic E-state index is 12.7. The molecule has 21 heavy (non-hydrogen) atoms. The van der Waals surface area contributed by atoms with Crippen molar-refractivity contribution < 1.29 is 23.1 Å². The Morgan fingerprint density at radius 2 is 2.10 bits per heavy atom. The molecule has 1 N–H and O–H groups in total. The average Bonchev–Trinajstić information content (AvgIpc) is 2.83. The molecule has 1 aromatic rings. The van der Waals surface area contributed by atoms with E-state index in [2.05, 4.69) is 0 Å². The number of methoxy groups -OCH3 is 1. The van der Waals surface area contributed by atoms with E-state index in [1.807, 2.05) is 0 Å². The fraction of sp³-hybridized carbons (Fsp3) is 0.500. The Morgan fingerprint density at radius 3 is 2.62 bits per heavy atom. The van der Waals surface area contributed by atoms with Gasteiger partial charge in [-0.1, -0.05) is 0 Å². The molecule has 2 rings (SSSR count). The highest BCUT2D eigenvalue weighted by Crippen LogP contribution is 2.35. The third-order valence-electron chi connectivity index (χ3n) is 3.99. The van der Waals surface area contributed by atoms with Crippen LogP contribution < -0.4 is 4.74 Å². The van der Waals surface area contributed by atoms with Crippen LogP contribution in [-0.4, -0.2) is 43.0 Å². The van der Waals surface area contributed by atoms with Crippen molar-refractivity contribution in [1.29, 1.82) is 0 Å². The van der Waals surface area contributed by atoms with Gasteiger partial charge in [0.05, 0.1) is 12.0 Å². The number of hydrogen-bond acceptors (Lipinski definition) is 4. The Kier molecular flexibility index (Phi) is 3.99. The first-order valence-electron chi connectivity index (χ1n) is 6.64. The lowest BCUT2D eigenvalue weighted by Crippen LogP contribution is -2.50. The molecule has 7 heteroatoms. The van der Waals surface area contributed by atoms with Gasteiger partial charge >= 0.3 is 5.97 Å². The maximum Gasteiger partial charge on any atom is 0.324 e. The van der Waals surface area contributed by atoms with Gasteiger partial charge in [0.2, 0.25) is 10.0 Å². The SMILES string of the molecule is COc1ccc(S(=O)(=O)N2CCCC2(C)C(=O)O)cc1C. The van der Waals surface area contributed by atoms with Crippen LogP contribution in [0.2, 0.25) is 0 Å². The quantitative estimate of drug-likeness (QED) is 0.913. The van der Waals surface area contributed by atoms with Crippen LogP contribution >= 0.6 is 0 Å². The van der Waals surface area contributed by atoms with E-state index < -0.39 is 21.5 Å². The number of nitrogens with zero attached hydrogens (tertiary/aromatic N) is 1. The van der Waals surface area contributed by atoms with Crippen LogP contribution in [-0.2, 0) is 14.8 Å². The average molecular weight is 313 g/mol. The minimum atomic E-state index is -3.84. The molecule has 1 aliphatic heterocycles. The second-order valence-electron chi connectivity index (χ2n) is 5.39. The third-order valence-corrected chi connectivity index (χ3v) is 6.01. The molecular formula is C14H19NO5S. The summed E-state index contributed by atoms with van der Waals surface area (Å²) in [5.74, 6) is -0.523. The predicted molar refractivity (Wildman–Crippen MR) is 76.9 cm³/mol. The summed E-state index contributed by atoms with van der Waals surface area (Å²) < 4.78 is 31.7. The Bertz CT molecular complexity index is 670. The Hall–Kier alpha value is -1.60. The van der Waals surface area contributed by atoms with E-state index in [4.69, 9.17) is 4.74 Å². The summed E-state index contributed by atoms with van der Waals surface area (Å²) in [6, 6.07) is 4.53. The van der Waals surface area contributed by atoms with Crippen LogP contribution in [0.25, 0.3) is 0 Å². The number of hydrogen-bond donors (Lipinski definition) is 1. The lowest BCUT2D eigenvalue weighted by molar-refractivity contribution is -0.146. The molecule has 1 heterocycles. The summed E-state index contributed by atoms with van der Waals surface area (Å²) in [5.41, 5.74) is -0.693. The summed E-state index contributed by atoms with van der Waals surface area (Å²) >= 11 is 0. The molecule has 1 aliphatic rings. The summed E-state index contributed by atoms with van der Waals surface area (Å²) in [4.78, 5) is 11.5. The van der Waals surface area contributed by atoms with Gasteiger partial charge in [-0.25, -0.2) is 8.42 Å². The highest BCUT2D eigenvalue weighted by Gasteiger charge is 2.49. The number of aliphatic carboxylic acids is 1. The largest absolute Gasteiger partial charge is 0.496 e. The molecule has 1 fully saturated rings. The standard InChI is InChI=1S/C14H19NO5S/c1-10-9-11(5-6-12(10)20-3)21(18,19)15-8-4-7-14(15,2)13(16)17/h5-6,9H,4,7-8H2,1-3H3,(H,16,17). The molecule has 0 bridgehead atoms. The van der Waals surface area contributed by atoms with Gasteiger partial charge in [0.1, 0.15) is 11.3 Å². The zero-order chi connectivity index (χ0) is 15.8. The molecule has 0 radical (unpaired) electrons. The number of aryl methyl sites for hydroxylation is 1. The van der Waals surface area contributed by atoms with Gasteiger partial charge in [0.15, 0.2) is 0 Å². The van der Waals surface area contributed by atoms with Gasteiger partial charge in [-0.2, -0.15) is 4.31 Å². The number of ether oxygens (including phenoxy) is 1. The second kappa shape index (κ2) is 5.31. The maximum atomic E-state index is 12.7. The van der Waals surface area contributed by atoms with Gasteiger partial charge in [-0.3, -0.25) is 4.79 Å². The van der Waals surface area contributed by atoms with Crippen molar-refractivity contribution >= 4 is 16.0 Å². The molecular weight excluding hydrogens is 294 g/mol. The van der Waals surface area contributed by atoms with Crippen LogP contribution in [0.15, 0.2) is 23.1 Å². The number of rotatable bonds is 4. The molecule has 1 atom stereocenters. The Morgan fingerprint density at radius 1 is 1.43 bits per heavy atom. The van der Waals surface area contributed by atoms with Crippen LogP contribution in [0.4, 0.5) is 0 Å². The van der Waals surface area contributed by atoms with E-state index in [0.717, 1.165) is 4.31 Å². The minimum absolute atomic E-state index is 0.0928. The van der Waals surface area contributed by atoms with E-state index >= 15 is 0 Å². The number of carboxylic acids is 1. The highest BCUT2D eigenvalue weighted by molar-refractivity contribution is 7.89. The van der Waals surface area contributed by atoms with Crippen LogP contribution in [0.1, 0.15) is 25.3 Å². The molecule has 0 saturated carbocycles. The normalized spacial score (nSPS) is 23.2. The first kappa shape index (κ1) is 15.8. The smallest absolute Gasteiger partial charge is 0.324 e. The molecule has 1 aromatic carbocycles. The minimum Gasteiger partial charge on any atom is -0.496 e. The Labute approximate surface area is 124 Å². The first-order valence-corrected chi connectivity index (χ1v) is 8.08. The molecule has 1 saturated heterocycles. The van der Waals surface area contributed by atoms with Crippen molar-refractivity contribution in [2.45, 2.75) is 37.1 Å². The van der Waals surface area contributed by atoms with Gasteiger partial charge in [-0.15, -0.1) is 0 Å². The zero-order valence-corrected chi connectivity index (χ0v) is 13.1. The van der Waals surface area contributed by atoms with Gasteiger partial charge < -0.3 is 9.84 Å². The van der Waals surface area contributed by atoms with Gasteiger partial charge in [0, 0.05) is 6.54 Å². The molecule has 1 unspecified atom stereocenters. The van der Waals surface area contributed by atoms with Crippen molar-refractivity contribution in [1.82, 2.24) is 4.31 Å². The van der Waals surface area contributed by atoms with Crippen molar-refractivity contribution in [3.8, 4) is 5.75 Å². The highest BCUT2D eigenvalue weighted by atomic mass is 32.2. The Balaban J connectivity index is 2.47. The number of sulfonamides is 1. The third kappa shape index (κ3) is 2.51. The molecule has 0 aromatic heterocycles. The molecule has 116 valence electrons. The lowest BCUT2D eigenvalue weighted by atomic mass is 10.0. The summed E-state index contributed by atoms with van der Waals surface area (Å²) in [7, 11) is -2.33. The topological polar surface area (TPSA) is 83.9 Å². The van der Waals surface area contributed by atoms with Crippen molar-refractivity contribution in [2.24, 2.45) is 0 Å². The van der Waals surface area contributed by atoms with Crippen molar-refractivity contribution in [2.75, 3.05) is 13.7 Å². The van der Waals surface area contributed by atoms with Crippen LogP contribution in [0.5, 0.6) is 5.75 Å². The number of carbonyl (C=O) groups is 1.